The molecule has 0 heterocycles. The topological polar surface area (TPSA) is 23.8 Å². The van der Waals surface area contributed by atoms with Gasteiger partial charge in [0.25, 0.3) is 0 Å². The Bertz CT molecular complexity index is 259. The summed E-state index contributed by atoms with van der Waals surface area (Å²) in [4.78, 5) is 0. The Hall–Kier alpha value is -0.160. The Morgan fingerprint density at radius 3 is 1.35 bits per heavy atom. The van der Waals surface area contributed by atoms with Crippen molar-refractivity contribution in [1.82, 2.24) is 0 Å². The first-order valence-electron chi connectivity index (χ1n) is 10.3. The van der Waals surface area contributed by atoms with Crippen LogP contribution in [0.4, 0.5) is 0 Å². The van der Waals surface area contributed by atoms with Crippen LogP contribution < -0.4 is 0 Å². The first-order chi connectivity index (χ1) is 11.3. The maximum absolute atomic E-state index is 8.70. The van der Waals surface area contributed by atoms with E-state index in [9.17, 15) is 0 Å². The monoisotopic (exact) mass is 339 g/mol. The van der Waals surface area contributed by atoms with Crippen LogP contribution in [0.3, 0.4) is 0 Å². The van der Waals surface area contributed by atoms with E-state index in [0.717, 1.165) is 5.75 Å². The van der Waals surface area contributed by atoms with E-state index in [0.29, 0.717) is 0 Å². The van der Waals surface area contributed by atoms with E-state index in [2.05, 4.69) is 13.0 Å². The Balaban J connectivity index is 2.99. The predicted molar refractivity (Wildman–Crippen MR) is 107 cm³/mol. The Morgan fingerprint density at radius 1 is 0.652 bits per heavy atom. The number of hydrogen-bond donors (Lipinski definition) is 0. The van der Waals surface area contributed by atoms with Gasteiger partial charge in [-0.1, -0.05) is 103 Å². The van der Waals surface area contributed by atoms with Gasteiger partial charge in [-0.05, 0) is 19.1 Å². The molecule has 0 saturated carbocycles. The van der Waals surface area contributed by atoms with Crippen molar-refractivity contribution in [2.24, 2.45) is 0 Å². The minimum Gasteiger partial charge on any atom is -0.197 e. The first-order valence-corrected chi connectivity index (χ1v) is 11.4. The minimum absolute atomic E-state index is 0.173. The molecule has 1 atom stereocenters. The van der Waals surface area contributed by atoms with Gasteiger partial charge in [0.1, 0.15) is 0 Å². The quantitative estimate of drug-likeness (QED) is 0.237. The Kier molecular flexibility index (Phi) is 19.7. The first kappa shape index (κ1) is 22.8. The number of thioether (sulfide) groups is 1. The van der Waals surface area contributed by atoms with E-state index in [1.165, 1.54) is 103 Å². The molecule has 0 N–H and O–H groups in total. The SMILES string of the molecule is CCCCCCCCCCCCCCCCCCSC(C)C#N. The molecule has 0 aliphatic carbocycles. The molecule has 0 aromatic heterocycles. The van der Waals surface area contributed by atoms with Gasteiger partial charge in [-0.15, -0.1) is 11.8 Å². The number of unbranched alkanes of at least 4 members (excludes halogenated alkanes) is 15. The van der Waals surface area contributed by atoms with E-state index in [1.54, 1.807) is 11.8 Å². The van der Waals surface area contributed by atoms with Gasteiger partial charge >= 0.3 is 0 Å². The zero-order chi connectivity index (χ0) is 17.0. The third-order valence-corrected chi connectivity index (χ3v) is 5.68. The fraction of sp³-hybridized carbons (Fsp3) is 0.952. The fourth-order valence-electron chi connectivity index (χ4n) is 2.95. The molecule has 0 spiro atoms. The van der Waals surface area contributed by atoms with Crippen molar-refractivity contribution in [2.75, 3.05) is 5.75 Å². The van der Waals surface area contributed by atoms with Gasteiger partial charge < -0.3 is 0 Å². The molecule has 0 bridgehead atoms. The molecule has 1 unspecified atom stereocenters. The van der Waals surface area contributed by atoms with Crippen molar-refractivity contribution in [1.29, 1.82) is 5.26 Å². The predicted octanol–water partition coefficient (Wildman–Crippen LogP) is 7.89. The van der Waals surface area contributed by atoms with Gasteiger partial charge in [0.05, 0.1) is 11.3 Å². The van der Waals surface area contributed by atoms with Crippen molar-refractivity contribution < 1.29 is 0 Å². The van der Waals surface area contributed by atoms with Crippen molar-refractivity contribution in [2.45, 2.75) is 122 Å². The maximum atomic E-state index is 8.70. The average molecular weight is 340 g/mol. The summed E-state index contributed by atoms with van der Waals surface area (Å²) in [6.07, 6.45) is 22.8. The zero-order valence-corrected chi connectivity index (χ0v) is 16.8. The molecule has 0 amide bonds. The number of rotatable bonds is 18. The molecule has 0 aromatic rings. The lowest BCUT2D eigenvalue weighted by molar-refractivity contribution is 0.531. The highest BCUT2D eigenvalue weighted by atomic mass is 32.2. The van der Waals surface area contributed by atoms with E-state index in [-0.39, 0.29) is 5.25 Å². The van der Waals surface area contributed by atoms with Crippen LogP contribution >= 0.6 is 11.8 Å². The second-order valence-corrected chi connectivity index (χ2v) is 8.39. The summed E-state index contributed by atoms with van der Waals surface area (Å²) in [5, 5.41) is 8.87. The second kappa shape index (κ2) is 19.9. The third kappa shape index (κ3) is 19.8. The molecule has 0 aliphatic rings. The molecular weight excluding hydrogens is 298 g/mol. The average Bonchev–Trinajstić information content (AvgIpc) is 2.57. The minimum atomic E-state index is 0.173. The molecule has 0 fully saturated rings. The fourth-order valence-corrected chi connectivity index (χ4v) is 3.75. The van der Waals surface area contributed by atoms with Gasteiger partial charge in [-0.25, -0.2) is 0 Å². The highest BCUT2D eigenvalue weighted by Gasteiger charge is 1.99. The number of nitrogens with zero attached hydrogens (tertiary/aromatic N) is 1. The van der Waals surface area contributed by atoms with Crippen LogP contribution in [0.25, 0.3) is 0 Å². The van der Waals surface area contributed by atoms with E-state index in [1.807, 2.05) is 6.92 Å². The Labute approximate surface area is 151 Å². The molecule has 136 valence electrons. The van der Waals surface area contributed by atoms with Gasteiger partial charge in [0.2, 0.25) is 0 Å². The van der Waals surface area contributed by atoms with Crippen molar-refractivity contribution in [3.8, 4) is 6.07 Å². The zero-order valence-electron chi connectivity index (χ0n) is 16.0. The van der Waals surface area contributed by atoms with Crippen LogP contribution in [0.15, 0.2) is 0 Å². The molecular formula is C21H41NS. The summed E-state index contributed by atoms with van der Waals surface area (Å²) in [5.74, 6) is 1.16. The summed E-state index contributed by atoms with van der Waals surface area (Å²) in [7, 11) is 0. The lowest BCUT2D eigenvalue weighted by atomic mass is 10.0. The van der Waals surface area contributed by atoms with Crippen LogP contribution in [-0.4, -0.2) is 11.0 Å². The maximum Gasteiger partial charge on any atom is 0.0888 e. The number of nitriles is 1. The molecule has 2 heteroatoms. The lowest BCUT2D eigenvalue weighted by Crippen LogP contribution is -1.92. The summed E-state index contributed by atoms with van der Waals surface area (Å²) < 4.78 is 0. The third-order valence-electron chi connectivity index (χ3n) is 4.55. The highest BCUT2D eigenvalue weighted by molar-refractivity contribution is 8.00. The van der Waals surface area contributed by atoms with E-state index in [4.69, 9.17) is 5.26 Å². The van der Waals surface area contributed by atoms with Crippen LogP contribution in [-0.2, 0) is 0 Å². The van der Waals surface area contributed by atoms with Crippen molar-refractivity contribution in [3.63, 3.8) is 0 Å². The van der Waals surface area contributed by atoms with Crippen LogP contribution in [0.1, 0.15) is 117 Å². The summed E-state index contributed by atoms with van der Waals surface area (Å²) in [6.45, 7) is 4.29. The molecule has 0 rings (SSSR count). The molecule has 0 aromatic carbocycles. The van der Waals surface area contributed by atoms with Crippen molar-refractivity contribution in [3.05, 3.63) is 0 Å². The highest BCUT2D eigenvalue weighted by Crippen LogP contribution is 2.15. The molecule has 0 aliphatic heterocycles. The standard InChI is InChI=1S/C21H41NS/c1-3-4-5-6-7-8-9-10-11-12-13-14-15-16-17-18-19-23-21(2)20-22/h21H,3-19H2,1-2H3. The van der Waals surface area contributed by atoms with Gasteiger partial charge in [0.15, 0.2) is 0 Å². The van der Waals surface area contributed by atoms with E-state index >= 15 is 0 Å². The van der Waals surface area contributed by atoms with E-state index < -0.39 is 0 Å². The summed E-state index contributed by atoms with van der Waals surface area (Å²) in [6, 6.07) is 2.28. The summed E-state index contributed by atoms with van der Waals surface area (Å²) >= 11 is 1.80. The van der Waals surface area contributed by atoms with Crippen LogP contribution in [0.5, 0.6) is 0 Å². The van der Waals surface area contributed by atoms with Gasteiger partial charge in [-0.2, -0.15) is 5.26 Å². The molecule has 0 saturated heterocycles. The molecule has 23 heavy (non-hydrogen) atoms. The molecule has 0 radical (unpaired) electrons. The van der Waals surface area contributed by atoms with Gasteiger partial charge in [0, 0.05) is 0 Å². The van der Waals surface area contributed by atoms with Crippen molar-refractivity contribution >= 4 is 11.8 Å². The Morgan fingerprint density at radius 2 is 1.00 bits per heavy atom. The normalized spacial score (nSPS) is 12.2. The van der Waals surface area contributed by atoms with Crippen LogP contribution in [0.2, 0.25) is 0 Å². The summed E-state index contributed by atoms with van der Waals surface area (Å²) in [5.41, 5.74) is 0. The molecule has 1 nitrogen and oxygen atoms in total. The number of hydrogen-bond acceptors (Lipinski definition) is 2. The lowest BCUT2D eigenvalue weighted by Gasteiger charge is -2.04. The smallest absolute Gasteiger partial charge is 0.0888 e. The van der Waals surface area contributed by atoms with Crippen LogP contribution in [0, 0.1) is 11.3 Å². The second-order valence-electron chi connectivity index (χ2n) is 6.95. The van der Waals surface area contributed by atoms with Gasteiger partial charge in [-0.3, -0.25) is 0 Å². The largest absolute Gasteiger partial charge is 0.197 e.